The highest BCUT2D eigenvalue weighted by atomic mass is 19.1. The van der Waals surface area contributed by atoms with E-state index in [1.807, 2.05) is 0 Å². The van der Waals surface area contributed by atoms with Gasteiger partial charge in [0.1, 0.15) is 12.4 Å². The smallest absolute Gasteiger partial charge is 0.213 e. The summed E-state index contributed by atoms with van der Waals surface area (Å²) in [5.74, 6) is 0.180. The van der Waals surface area contributed by atoms with Crippen molar-refractivity contribution in [2.24, 2.45) is 0 Å². The molecular weight excluding hydrogens is 219 g/mol. The molecule has 0 saturated carbocycles. The van der Waals surface area contributed by atoms with Crippen molar-refractivity contribution in [1.82, 2.24) is 9.88 Å². The van der Waals surface area contributed by atoms with Gasteiger partial charge in [-0.3, -0.25) is 4.90 Å². The quantitative estimate of drug-likeness (QED) is 0.712. The molecule has 94 valence electrons. The number of pyridine rings is 1. The monoisotopic (exact) mass is 238 g/mol. The van der Waals surface area contributed by atoms with Gasteiger partial charge in [0, 0.05) is 12.6 Å². The van der Waals surface area contributed by atoms with Gasteiger partial charge in [-0.1, -0.05) is 13.3 Å². The predicted molar refractivity (Wildman–Crippen MR) is 64.6 cm³/mol. The molecule has 1 saturated heterocycles. The van der Waals surface area contributed by atoms with Crippen molar-refractivity contribution in [3.8, 4) is 5.75 Å². The number of nitrogens with zero attached hydrogens (tertiary/aromatic N) is 2. The maximum atomic E-state index is 12.6. The molecule has 0 radical (unpaired) electrons. The van der Waals surface area contributed by atoms with E-state index in [0.717, 1.165) is 6.54 Å². The number of halogens is 1. The Bertz CT molecular complexity index is 342. The van der Waals surface area contributed by atoms with Crippen LogP contribution in [0.15, 0.2) is 18.3 Å². The highest BCUT2D eigenvalue weighted by Gasteiger charge is 2.27. The molecule has 0 spiro atoms. The molecule has 0 amide bonds. The van der Waals surface area contributed by atoms with Gasteiger partial charge in [-0.15, -0.1) is 0 Å². The summed E-state index contributed by atoms with van der Waals surface area (Å²) in [7, 11) is 0. The topological polar surface area (TPSA) is 25.4 Å². The minimum atomic E-state index is -0.467. The Hall–Kier alpha value is -1.16. The number of hydrogen-bond donors (Lipinski definition) is 0. The van der Waals surface area contributed by atoms with Crippen molar-refractivity contribution in [2.75, 3.05) is 19.7 Å². The summed E-state index contributed by atoms with van der Waals surface area (Å²) in [6.07, 6.45) is 5.10. The summed E-state index contributed by atoms with van der Waals surface area (Å²) in [6.45, 7) is 5.22. The molecule has 4 heteroatoms. The van der Waals surface area contributed by atoms with Crippen molar-refractivity contribution in [1.29, 1.82) is 0 Å². The third kappa shape index (κ3) is 3.40. The summed E-state index contributed by atoms with van der Waals surface area (Å²) in [5.41, 5.74) is 0. The molecule has 1 aliphatic heterocycles. The second-order valence-corrected chi connectivity index (χ2v) is 4.46. The van der Waals surface area contributed by atoms with Crippen molar-refractivity contribution in [3.63, 3.8) is 0 Å². The molecule has 0 N–H and O–H groups in total. The van der Waals surface area contributed by atoms with Gasteiger partial charge in [-0.05, 0) is 31.5 Å². The van der Waals surface area contributed by atoms with Crippen LogP contribution in [0.25, 0.3) is 0 Å². The van der Waals surface area contributed by atoms with Crippen LogP contribution in [0.4, 0.5) is 4.39 Å². The molecule has 1 fully saturated rings. The number of ether oxygens (including phenoxy) is 1. The number of likely N-dealkylation sites (tertiary alicyclic amines) is 1. The Morgan fingerprint density at radius 3 is 3.00 bits per heavy atom. The molecule has 0 aromatic carbocycles. The Balaban J connectivity index is 1.73. The minimum absolute atomic E-state index is 0.467. The van der Waals surface area contributed by atoms with Gasteiger partial charge in [0.05, 0.1) is 6.20 Å². The molecule has 17 heavy (non-hydrogen) atoms. The molecule has 0 aliphatic carbocycles. The Morgan fingerprint density at radius 1 is 1.53 bits per heavy atom. The lowest BCUT2D eigenvalue weighted by atomic mass is 10.0. The first-order valence-electron chi connectivity index (χ1n) is 6.28. The highest BCUT2D eigenvalue weighted by molar-refractivity contribution is 5.16. The van der Waals surface area contributed by atoms with E-state index in [2.05, 4.69) is 16.8 Å². The van der Waals surface area contributed by atoms with Gasteiger partial charge in [-0.25, -0.2) is 4.98 Å². The maximum absolute atomic E-state index is 12.6. The average molecular weight is 238 g/mol. The summed E-state index contributed by atoms with van der Waals surface area (Å²) < 4.78 is 18.2. The van der Waals surface area contributed by atoms with Crippen LogP contribution in [0.3, 0.4) is 0 Å². The molecule has 0 unspecified atom stereocenters. The lowest BCUT2D eigenvalue weighted by molar-refractivity contribution is 0.0495. The fourth-order valence-electron chi connectivity index (χ4n) is 1.98. The summed E-state index contributed by atoms with van der Waals surface area (Å²) >= 11 is 0. The molecule has 1 aliphatic rings. The van der Waals surface area contributed by atoms with Crippen LogP contribution >= 0.6 is 0 Å². The molecule has 0 bridgehead atoms. The fourth-order valence-corrected chi connectivity index (χ4v) is 1.98. The first kappa shape index (κ1) is 12.3. The van der Waals surface area contributed by atoms with Crippen LogP contribution in [-0.4, -0.2) is 35.6 Å². The van der Waals surface area contributed by atoms with Gasteiger partial charge >= 0.3 is 0 Å². The van der Waals surface area contributed by atoms with E-state index in [1.165, 1.54) is 38.1 Å². The lowest BCUT2D eigenvalue weighted by Gasteiger charge is -2.40. The van der Waals surface area contributed by atoms with Gasteiger partial charge in [0.2, 0.25) is 5.95 Å². The largest absolute Gasteiger partial charge is 0.490 e. The first-order valence-corrected chi connectivity index (χ1v) is 6.28. The Labute approximate surface area is 102 Å². The van der Waals surface area contributed by atoms with Crippen LogP contribution in [-0.2, 0) is 0 Å². The van der Waals surface area contributed by atoms with Gasteiger partial charge in [0.25, 0.3) is 0 Å². The van der Waals surface area contributed by atoms with Crippen molar-refractivity contribution < 1.29 is 9.13 Å². The summed E-state index contributed by atoms with van der Waals surface area (Å²) in [4.78, 5) is 6.01. The van der Waals surface area contributed by atoms with E-state index in [4.69, 9.17) is 4.74 Å². The van der Waals surface area contributed by atoms with Crippen LogP contribution in [0.2, 0.25) is 0 Å². The molecule has 1 aromatic rings. The van der Waals surface area contributed by atoms with E-state index >= 15 is 0 Å². The lowest BCUT2D eigenvalue weighted by Crippen LogP contribution is -2.51. The van der Waals surface area contributed by atoms with E-state index in [1.54, 1.807) is 6.07 Å². The zero-order chi connectivity index (χ0) is 12.1. The van der Waals surface area contributed by atoms with Crippen molar-refractivity contribution in [2.45, 2.75) is 32.2 Å². The highest BCUT2D eigenvalue weighted by Crippen LogP contribution is 2.19. The van der Waals surface area contributed by atoms with Gasteiger partial charge in [-0.2, -0.15) is 4.39 Å². The maximum Gasteiger partial charge on any atom is 0.213 e. The molecule has 2 rings (SSSR count). The molecule has 2 heterocycles. The molecule has 1 aromatic heterocycles. The van der Waals surface area contributed by atoms with Gasteiger partial charge in [0.15, 0.2) is 0 Å². The SMILES string of the molecule is CCCCN1CC[C@@H]1COc1ccc(F)nc1. The first-order chi connectivity index (χ1) is 8.29. The third-order valence-corrected chi connectivity index (χ3v) is 3.21. The predicted octanol–water partition coefficient (Wildman–Crippen LogP) is 2.47. The zero-order valence-corrected chi connectivity index (χ0v) is 10.2. The number of aromatic nitrogens is 1. The number of hydrogen-bond acceptors (Lipinski definition) is 3. The Morgan fingerprint density at radius 2 is 2.41 bits per heavy atom. The van der Waals surface area contributed by atoms with E-state index in [9.17, 15) is 4.39 Å². The second kappa shape index (κ2) is 5.96. The standard InChI is InChI=1S/C13H19FN2O/c1-2-3-7-16-8-6-11(16)10-17-12-4-5-13(14)15-9-12/h4-5,9,11H,2-3,6-8,10H2,1H3/t11-/m1/s1. The van der Waals surface area contributed by atoms with Crippen LogP contribution in [0.1, 0.15) is 26.2 Å². The van der Waals surface area contributed by atoms with Crippen LogP contribution < -0.4 is 4.74 Å². The average Bonchev–Trinajstić information content (AvgIpc) is 2.31. The van der Waals surface area contributed by atoms with Crippen molar-refractivity contribution in [3.05, 3.63) is 24.3 Å². The number of rotatable bonds is 6. The minimum Gasteiger partial charge on any atom is -0.490 e. The van der Waals surface area contributed by atoms with E-state index in [-0.39, 0.29) is 0 Å². The van der Waals surface area contributed by atoms with Crippen molar-refractivity contribution >= 4 is 0 Å². The molecular formula is C13H19FN2O. The van der Waals surface area contributed by atoms with Gasteiger partial charge < -0.3 is 4.74 Å². The van der Waals surface area contributed by atoms with Crippen LogP contribution in [0, 0.1) is 5.95 Å². The normalized spacial score (nSPS) is 20.0. The Kier molecular flexibility index (Phi) is 4.31. The third-order valence-electron chi connectivity index (χ3n) is 3.21. The van der Waals surface area contributed by atoms with E-state index in [0.29, 0.717) is 18.4 Å². The van der Waals surface area contributed by atoms with E-state index < -0.39 is 5.95 Å². The fraction of sp³-hybridized carbons (Fsp3) is 0.615. The summed E-state index contributed by atoms with van der Waals surface area (Å²) in [6, 6.07) is 3.47. The number of unbranched alkanes of at least 4 members (excludes halogenated alkanes) is 1. The van der Waals surface area contributed by atoms with Crippen LogP contribution in [0.5, 0.6) is 5.75 Å². The molecule has 1 atom stereocenters. The second-order valence-electron chi connectivity index (χ2n) is 4.46. The zero-order valence-electron chi connectivity index (χ0n) is 10.2. The molecule has 3 nitrogen and oxygen atoms in total. The summed E-state index contributed by atoms with van der Waals surface area (Å²) in [5, 5.41) is 0.